The van der Waals surface area contributed by atoms with Crippen LogP contribution in [0.4, 0.5) is 0 Å². The van der Waals surface area contributed by atoms with E-state index in [0.29, 0.717) is 5.57 Å². The first-order valence-electron chi connectivity index (χ1n) is 12.1. The molecule has 5 aromatic rings. The van der Waals surface area contributed by atoms with Crippen LogP contribution in [0, 0.1) is 6.07 Å². The number of para-hydroxylation sites is 1. The van der Waals surface area contributed by atoms with Crippen molar-refractivity contribution in [2.24, 2.45) is 0 Å². The van der Waals surface area contributed by atoms with Crippen LogP contribution in [0.5, 0.6) is 0 Å². The third kappa shape index (κ3) is 6.55. The van der Waals surface area contributed by atoms with Crippen LogP contribution in [0.1, 0.15) is 45.7 Å². The molecule has 1 unspecified atom stereocenters. The predicted octanol–water partition coefficient (Wildman–Crippen LogP) is 8.57. The number of allylic oxidation sites excluding steroid dienone is 1. The molecule has 0 fully saturated rings. The maximum atomic E-state index is 9.42. The Bertz CT molecular complexity index is 1490. The minimum atomic E-state index is -0.646. The van der Waals surface area contributed by atoms with Crippen molar-refractivity contribution in [3.8, 4) is 11.3 Å². The summed E-state index contributed by atoms with van der Waals surface area (Å²) in [7, 11) is 0. The van der Waals surface area contributed by atoms with Crippen molar-refractivity contribution >= 4 is 37.9 Å². The second-order valence-corrected chi connectivity index (χ2v) is 10.8. The molecule has 0 aliphatic carbocycles. The molecule has 0 saturated heterocycles. The van der Waals surface area contributed by atoms with Crippen LogP contribution in [0.2, 0.25) is 0 Å². The monoisotopic (exact) mass is 687 g/mol. The fourth-order valence-corrected chi connectivity index (χ4v) is 5.19. The molecule has 2 N–H and O–H groups in total. The number of pyridine rings is 1. The molecule has 0 saturated carbocycles. The van der Waals surface area contributed by atoms with Gasteiger partial charge in [-0.3, -0.25) is 4.98 Å². The summed E-state index contributed by atoms with van der Waals surface area (Å²) in [5, 5.41) is 23.4. The van der Waals surface area contributed by atoms with Crippen LogP contribution in [0.15, 0.2) is 90.0 Å². The van der Waals surface area contributed by atoms with E-state index in [1.165, 1.54) is 21.0 Å². The van der Waals surface area contributed by atoms with Gasteiger partial charge in [0.15, 0.2) is 0 Å². The first kappa shape index (κ1) is 28.7. The maximum Gasteiger partial charge on any atom is 0.0955 e. The SMILES string of the molecule is C/C(O)=C(\c1ccccc1)C(C)O.CC(C)(C)c1c[c-]c(-c2nc3ccccc3c3sccc23)cc1.[Ir]. The molecule has 3 aromatic carbocycles. The normalized spacial score (nSPS) is 12.8. The third-order valence-corrected chi connectivity index (χ3v) is 7.08. The van der Waals surface area contributed by atoms with Crippen molar-refractivity contribution < 1.29 is 30.3 Å². The largest absolute Gasteiger partial charge is 0.512 e. The Kier molecular flexibility index (Phi) is 9.44. The van der Waals surface area contributed by atoms with Crippen molar-refractivity contribution in [2.45, 2.75) is 46.1 Å². The molecule has 0 bridgehead atoms. The Labute approximate surface area is 236 Å². The van der Waals surface area contributed by atoms with Crippen molar-refractivity contribution in [3.63, 3.8) is 0 Å². The fourth-order valence-electron chi connectivity index (χ4n) is 4.26. The van der Waals surface area contributed by atoms with Crippen LogP contribution in [0.25, 0.3) is 37.8 Å². The van der Waals surface area contributed by atoms with Crippen LogP contribution >= 0.6 is 11.3 Å². The van der Waals surface area contributed by atoms with E-state index in [1.54, 1.807) is 25.2 Å². The molecule has 37 heavy (non-hydrogen) atoms. The summed E-state index contributed by atoms with van der Waals surface area (Å²) >= 11 is 1.78. The first-order valence-corrected chi connectivity index (χ1v) is 13.0. The number of aliphatic hydroxyl groups excluding tert-OH is 2. The average Bonchev–Trinajstić information content (AvgIpc) is 3.34. The van der Waals surface area contributed by atoms with Crippen molar-refractivity contribution in [2.75, 3.05) is 0 Å². The molecule has 193 valence electrons. The summed E-state index contributed by atoms with van der Waals surface area (Å²) in [6, 6.07) is 29.8. The molecule has 0 spiro atoms. The molecule has 3 nitrogen and oxygen atoms in total. The van der Waals surface area contributed by atoms with E-state index in [1.807, 2.05) is 36.4 Å². The van der Waals surface area contributed by atoms with Gasteiger partial charge in [-0.2, -0.15) is 0 Å². The number of hydrogen-bond acceptors (Lipinski definition) is 4. The number of benzene rings is 3. The molecule has 0 aliphatic rings. The molecule has 1 radical (unpaired) electrons. The van der Waals surface area contributed by atoms with E-state index in [2.05, 4.69) is 74.7 Å². The van der Waals surface area contributed by atoms with E-state index < -0.39 is 6.10 Å². The van der Waals surface area contributed by atoms with Crippen LogP contribution in [-0.2, 0) is 25.5 Å². The smallest absolute Gasteiger partial charge is 0.0955 e. The number of thiophene rings is 1. The zero-order chi connectivity index (χ0) is 25.9. The van der Waals surface area contributed by atoms with Crippen molar-refractivity contribution in [3.05, 3.63) is 107 Å². The van der Waals surface area contributed by atoms with Crippen molar-refractivity contribution in [1.29, 1.82) is 0 Å². The topological polar surface area (TPSA) is 53.4 Å². The summed E-state index contributed by atoms with van der Waals surface area (Å²) in [5.41, 5.74) is 6.02. The van der Waals surface area contributed by atoms with Gasteiger partial charge in [0.2, 0.25) is 0 Å². The number of aromatic nitrogens is 1. The summed E-state index contributed by atoms with van der Waals surface area (Å²) in [5.74, 6) is 0.168. The van der Waals surface area contributed by atoms with Gasteiger partial charge in [0, 0.05) is 35.8 Å². The van der Waals surface area contributed by atoms with Gasteiger partial charge in [-0.1, -0.05) is 75.4 Å². The zero-order valence-corrected chi connectivity index (χ0v) is 25.0. The molecular weight excluding hydrogens is 655 g/mol. The van der Waals surface area contributed by atoms with Gasteiger partial charge in [-0.05, 0) is 47.4 Å². The second-order valence-electron chi connectivity index (χ2n) is 9.92. The van der Waals surface area contributed by atoms with Gasteiger partial charge in [0.25, 0.3) is 0 Å². The van der Waals surface area contributed by atoms with Gasteiger partial charge >= 0.3 is 0 Å². The summed E-state index contributed by atoms with van der Waals surface area (Å²) in [4.78, 5) is 4.91. The Morgan fingerprint density at radius 2 is 1.59 bits per heavy atom. The Balaban J connectivity index is 0.000000234. The molecule has 2 heterocycles. The Morgan fingerprint density at radius 3 is 2.19 bits per heavy atom. The fraction of sp³-hybridized carbons (Fsp3) is 0.219. The second kappa shape index (κ2) is 12.1. The van der Waals surface area contributed by atoms with Crippen molar-refractivity contribution in [1.82, 2.24) is 4.98 Å². The van der Waals surface area contributed by atoms with Gasteiger partial charge in [-0.25, -0.2) is 0 Å². The summed E-state index contributed by atoms with van der Waals surface area (Å²) < 4.78 is 1.30. The predicted molar refractivity (Wildman–Crippen MR) is 153 cm³/mol. The molecule has 0 aliphatic heterocycles. The standard InChI is InChI=1S/C21H18NS.C11H14O2.Ir/c1-21(2,3)15-10-8-14(9-11-15)19-17-12-13-23-20(17)16-6-4-5-7-18(16)22-19;1-8(12)11(9(2)13)10-6-4-3-5-7-10;/h4-8,10-13H,1-3H3;3-8,12-13H,1-2H3;/q-1;;/b;11-9+;. The average molecular weight is 687 g/mol. The summed E-state index contributed by atoms with van der Waals surface area (Å²) in [6.45, 7) is 9.89. The number of hydrogen-bond donors (Lipinski definition) is 2. The number of fused-ring (bicyclic) bond motifs is 3. The van der Waals surface area contributed by atoms with Gasteiger partial charge < -0.3 is 10.2 Å². The molecule has 2 aromatic heterocycles. The minimum Gasteiger partial charge on any atom is -0.512 e. The van der Waals surface area contributed by atoms with Gasteiger partial charge in [0.05, 0.1) is 17.4 Å². The maximum absolute atomic E-state index is 9.42. The Hall–Kier alpha value is -2.82. The van der Waals surface area contributed by atoms with E-state index >= 15 is 0 Å². The van der Waals surface area contributed by atoms with Crippen LogP contribution < -0.4 is 0 Å². The number of nitrogens with zero attached hydrogens (tertiary/aromatic N) is 1. The summed E-state index contributed by atoms with van der Waals surface area (Å²) in [6.07, 6.45) is -0.646. The minimum absolute atomic E-state index is 0. The van der Waals surface area contributed by atoms with E-state index in [0.717, 1.165) is 22.3 Å². The zero-order valence-electron chi connectivity index (χ0n) is 21.7. The first-order chi connectivity index (χ1) is 17.2. The van der Waals surface area contributed by atoms with Gasteiger partial charge in [-0.15, -0.1) is 46.7 Å². The molecule has 1 atom stereocenters. The van der Waals surface area contributed by atoms with E-state index in [9.17, 15) is 10.2 Å². The van der Waals surface area contributed by atoms with E-state index in [4.69, 9.17) is 4.98 Å². The van der Waals surface area contributed by atoms with Crippen LogP contribution in [0.3, 0.4) is 0 Å². The molecule has 0 amide bonds. The quantitative estimate of drug-likeness (QED) is 0.148. The van der Waals surface area contributed by atoms with Crippen LogP contribution in [-0.4, -0.2) is 21.3 Å². The Morgan fingerprint density at radius 1 is 0.919 bits per heavy atom. The molecule has 5 heteroatoms. The van der Waals surface area contributed by atoms with E-state index in [-0.39, 0.29) is 31.3 Å². The number of rotatable bonds is 3. The third-order valence-electron chi connectivity index (χ3n) is 6.13. The molecule has 5 rings (SSSR count). The molecular formula is C32H32IrNO2S-. The number of aliphatic hydroxyl groups is 2. The van der Waals surface area contributed by atoms with Gasteiger partial charge in [0.1, 0.15) is 0 Å².